The van der Waals surface area contributed by atoms with E-state index in [-0.39, 0.29) is 23.4 Å². The molecule has 39 heavy (non-hydrogen) atoms. The zero-order valence-electron chi connectivity index (χ0n) is 22.5. The predicted molar refractivity (Wildman–Crippen MR) is 138 cm³/mol. The molecule has 1 fully saturated rings. The lowest BCUT2D eigenvalue weighted by atomic mass is 9.91. The van der Waals surface area contributed by atoms with E-state index < -0.39 is 23.2 Å². The summed E-state index contributed by atoms with van der Waals surface area (Å²) in [5.74, 6) is -0.0745. The number of hydrogen-bond donors (Lipinski definition) is 1. The van der Waals surface area contributed by atoms with Gasteiger partial charge in [-0.25, -0.2) is 14.5 Å². The molecule has 1 saturated heterocycles. The van der Waals surface area contributed by atoms with Crippen LogP contribution < -0.4 is 5.32 Å². The van der Waals surface area contributed by atoms with Crippen LogP contribution in [-0.4, -0.2) is 55.3 Å². The summed E-state index contributed by atoms with van der Waals surface area (Å²) in [7, 11) is 0. The molecule has 0 saturated carbocycles. The van der Waals surface area contributed by atoms with E-state index in [0.29, 0.717) is 24.5 Å². The van der Waals surface area contributed by atoms with Gasteiger partial charge in [-0.1, -0.05) is 0 Å². The number of carbonyl (C=O) groups is 2. The molecular weight excluding hydrogens is 513 g/mol. The number of rotatable bonds is 4. The lowest BCUT2D eigenvalue weighted by Gasteiger charge is -2.33. The Labute approximate surface area is 224 Å². The molecule has 0 radical (unpaired) electrons. The van der Waals surface area contributed by atoms with E-state index in [1.807, 2.05) is 33.8 Å². The van der Waals surface area contributed by atoms with Crippen molar-refractivity contribution < 1.29 is 27.5 Å². The Morgan fingerprint density at radius 3 is 2.28 bits per heavy atom. The summed E-state index contributed by atoms with van der Waals surface area (Å²) in [6.07, 6.45) is 0.387. The number of hydrogen-bond acceptors (Lipinski definition) is 6. The first kappa shape index (κ1) is 28.1. The van der Waals surface area contributed by atoms with Crippen LogP contribution in [0.1, 0.15) is 72.4 Å². The summed E-state index contributed by atoms with van der Waals surface area (Å²) in [6, 6.07) is 3.97. The SMILES string of the molecule is Cc1cc(NC(=O)c2cnn(-c3ccc(C(F)(F)F)cn3)c2C)cnc1C1CCN(C(=O)OC(C)(C)C)CC1. The van der Waals surface area contributed by atoms with Crippen molar-refractivity contribution in [3.8, 4) is 5.82 Å². The summed E-state index contributed by atoms with van der Waals surface area (Å²) in [5.41, 5.74) is 1.63. The number of halogens is 3. The van der Waals surface area contributed by atoms with E-state index in [4.69, 9.17) is 4.74 Å². The molecule has 1 N–H and O–H groups in total. The van der Waals surface area contributed by atoms with Crippen molar-refractivity contribution in [2.24, 2.45) is 0 Å². The molecular formula is C27H31F3N6O3. The van der Waals surface area contributed by atoms with Gasteiger partial charge in [-0.05, 0) is 71.2 Å². The molecule has 0 aliphatic carbocycles. The van der Waals surface area contributed by atoms with Crippen LogP contribution in [0.3, 0.4) is 0 Å². The molecule has 1 aliphatic rings. The van der Waals surface area contributed by atoms with Gasteiger partial charge in [-0.2, -0.15) is 18.3 Å². The highest BCUT2D eigenvalue weighted by molar-refractivity contribution is 6.04. The Kier molecular flexibility index (Phi) is 7.67. The van der Waals surface area contributed by atoms with Gasteiger partial charge in [-0.15, -0.1) is 0 Å². The molecule has 0 bridgehead atoms. The van der Waals surface area contributed by atoms with Crippen molar-refractivity contribution in [3.63, 3.8) is 0 Å². The van der Waals surface area contributed by atoms with E-state index in [1.165, 1.54) is 16.9 Å². The lowest BCUT2D eigenvalue weighted by Crippen LogP contribution is -2.41. The van der Waals surface area contributed by atoms with Gasteiger partial charge < -0.3 is 15.0 Å². The molecule has 208 valence electrons. The number of aryl methyl sites for hydroxylation is 1. The third kappa shape index (κ3) is 6.55. The Balaban J connectivity index is 1.40. The lowest BCUT2D eigenvalue weighted by molar-refractivity contribution is -0.137. The van der Waals surface area contributed by atoms with Crippen LogP contribution in [0, 0.1) is 13.8 Å². The van der Waals surface area contributed by atoms with Gasteiger partial charge in [-0.3, -0.25) is 9.78 Å². The molecule has 0 unspecified atom stereocenters. The average molecular weight is 545 g/mol. The van der Waals surface area contributed by atoms with Crippen LogP contribution in [0.4, 0.5) is 23.7 Å². The number of carbonyl (C=O) groups excluding carboxylic acids is 2. The summed E-state index contributed by atoms with van der Waals surface area (Å²) in [6.45, 7) is 10.3. The number of piperidine rings is 1. The molecule has 4 heterocycles. The van der Waals surface area contributed by atoms with Gasteiger partial charge in [0.25, 0.3) is 5.91 Å². The minimum Gasteiger partial charge on any atom is -0.444 e. The number of anilines is 1. The van der Waals surface area contributed by atoms with Gasteiger partial charge in [0.05, 0.1) is 34.9 Å². The van der Waals surface area contributed by atoms with Crippen LogP contribution in [0.5, 0.6) is 0 Å². The number of amides is 2. The number of pyridine rings is 2. The van der Waals surface area contributed by atoms with Crippen LogP contribution in [-0.2, 0) is 10.9 Å². The summed E-state index contributed by atoms with van der Waals surface area (Å²) in [5, 5.41) is 6.95. The molecule has 3 aromatic heterocycles. The van der Waals surface area contributed by atoms with Crippen LogP contribution in [0.2, 0.25) is 0 Å². The minimum atomic E-state index is -4.49. The monoisotopic (exact) mass is 544 g/mol. The average Bonchev–Trinajstić information content (AvgIpc) is 3.24. The maximum Gasteiger partial charge on any atom is 0.417 e. The van der Waals surface area contributed by atoms with E-state index in [1.54, 1.807) is 18.0 Å². The molecule has 0 aromatic carbocycles. The predicted octanol–water partition coefficient (Wildman–Crippen LogP) is 5.66. The van der Waals surface area contributed by atoms with Gasteiger partial charge in [0.2, 0.25) is 0 Å². The standard InChI is InChI=1S/C27H31F3N6O3/c1-16-12-20(14-32-23(16)18-8-10-35(11-9-18)25(38)39-26(3,4)5)34-24(37)21-15-33-36(17(21)2)22-7-6-19(13-31-22)27(28,29)30/h6-7,12-15,18H,8-11H2,1-5H3,(H,34,37). The second-order valence-corrected chi connectivity index (χ2v) is 10.6. The Bertz CT molecular complexity index is 1350. The van der Waals surface area contributed by atoms with Crippen molar-refractivity contribution in [1.29, 1.82) is 0 Å². The smallest absolute Gasteiger partial charge is 0.417 e. The molecule has 1 aliphatic heterocycles. The second-order valence-electron chi connectivity index (χ2n) is 10.6. The number of nitrogens with zero attached hydrogens (tertiary/aromatic N) is 5. The third-order valence-corrected chi connectivity index (χ3v) is 6.46. The normalized spacial score (nSPS) is 14.8. The van der Waals surface area contributed by atoms with Crippen LogP contribution in [0.15, 0.2) is 36.8 Å². The van der Waals surface area contributed by atoms with Crippen LogP contribution >= 0.6 is 0 Å². The zero-order valence-corrected chi connectivity index (χ0v) is 22.5. The van der Waals surface area contributed by atoms with Crippen molar-refractivity contribution in [3.05, 3.63) is 64.9 Å². The van der Waals surface area contributed by atoms with Crippen LogP contribution in [0.25, 0.3) is 5.82 Å². The first-order valence-corrected chi connectivity index (χ1v) is 12.6. The first-order chi connectivity index (χ1) is 18.2. The van der Waals surface area contributed by atoms with Gasteiger partial charge in [0.1, 0.15) is 5.60 Å². The number of alkyl halides is 3. The number of ether oxygens (including phenoxy) is 1. The van der Waals surface area contributed by atoms with Crippen molar-refractivity contribution >= 4 is 17.7 Å². The van der Waals surface area contributed by atoms with E-state index in [0.717, 1.165) is 36.4 Å². The Morgan fingerprint density at radius 1 is 1.03 bits per heavy atom. The minimum absolute atomic E-state index is 0.166. The van der Waals surface area contributed by atoms with Crippen molar-refractivity contribution in [2.45, 2.75) is 65.2 Å². The Hall–Kier alpha value is -3.96. The molecule has 4 rings (SSSR count). The quantitative estimate of drug-likeness (QED) is 0.455. The zero-order chi connectivity index (χ0) is 28.5. The highest BCUT2D eigenvalue weighted by atomic mass is 19.4. The Morgan fingerprint density at radius 2 is 1.72 bits per heavy atom. The molecule has 12 heteroatoms. The largest absolute Gasteiger partial charge is 0.444 e. The molecule has 2 amide bonds. The highest BCUT2D eigenvalue weighted by Gasteiger charge is 2.31. The fourth-order valence-corrected chi connectivity index (χ4v) is 4.48. The molecule has 0 spiro atoms. The second kappa shape index (κ2) is 10.7. The van der Waals surface area contributed by atoms with E-state index >= 15 is 0 Å². The fraction of sp³-hybridized carbons (Fsp3) is 0.444. The molecule has 0 atom stereocenters. The first-order valence-electron chi connectivity index (χ1n) is 12.6. The molecule has 9 nitrogen and oxygen atoms in total. The molecule has 3 aromatic rings. The topological polar surface area (TPSA) is 102 Å². The summed E-state index contributed by atoms with van der Waals surface area (Å²) >= 11 is 0. The van der Waals surface area contributed by atoms with Crippen molar-refractivity contribution in [2.75, 3.05) is 18.4 Å². The number of nitrogens with one attached hydrogen (secondary N) is 1. The fourth-order valence-electron chi connectivity index (χ4n) is 4.48. The maximum atomic E-state index is 13.0. The maximum absolute atomic E-state index is 13.0. The summed E-state index contributed by atoms with van der Waals surface area (Å²) in [4.78, 5) is 35.5. The van der Waals surface area contributed by atoms with E-state index in [2.05, 4.69) is 20.4 Å². The highest BCUT2D eigenvalue weighted by Crippen LogP contribution is 2.31. The number of aromatic nitrogens is 4. The van der Waals surface area contributed by atoms with Crippen molar-refractivity contribution in [1.82, 2.24) is 24.6 Å². The van der Waals surface area contributed by atoms with E-state index in [9.17, 15) is 22.8 Å². The summed E-state index contributed by atoms with van der Waals surface area (Å²) < 4.78 is 45.3. The third-order valence-electron chi connectivity index (χ3n) is 6.46. The van der Waals surface area contributed by atoms with Gasteiger partial charge in [0.15, 0.2) is 5.82 Å². The van der Waals surface area contributed by atoms with Gasteiger partial charge in [0, 0.05) is 30.9 Å². The van der Waals surface area contributed by atoms with Gasteiger partial charge >= 0.3 is 12.3 Å². The number of likely N-dealkylation sites (tertiary alicyclic amines) is 1.